The topological polar surface area (TPSA) is 74.9 Å². The van der Waals surface area contributed by atoms with E-state index in [0.717, 1.165) is 22.4 Å². The summed E-state index contributed by atoms with van der Waals surface area (Å²) in [6.07, 6.45) is 5.84. The summed E-state index contributed by atoms with van der Waals surface area (Å²) in [5.41, 5.74) is 8.34. The maximum absolute atomic E-state index is 9.78. The Morgan fingerprint density at radius 2 is 2.11 bits per heavy atom. The Balaban J connectivity index is 1.91. The number of fused-ring (bicyclic) bond motifs is 1. The number of nitrogens with one attached hydrogen (secondary N) is 1. The molecule has 0 radical (unpaired) electrons. The first-order valence-electron chi connectivity index (χ1n) is 7.15. The Morgan fingerprint density at radius 1 is 1.32 bits per heavy atom. The molecule has 3 rings (SSSR count). The van der Waals surface area contributed by atoms with E-state index < -0.39 is 6.10 Å². The van der Waals surface area contributed by atoms with Crippen molar-refractivity contribution in [1.82, 2.24) is 9.97 Å². The summed E-state index contributed by atoms with van der Waals surface area (Å²) in [4.78, 5) is 8.12. The third-order valence-electron chi connectivity index (χ3n) is 4.12. The number of hydrogen-bond donors (Lipinski definition) is 3. The van der Waals surface area contributed by atoms with Crippen molar-refractivity contribution in [3.8, 4) is 0 Å². The maximum Gasteiger partial charge on any atom is 0.110 e. The molecule has 2 aromatic rings. The van der Waals surface area contributed by atoms with Crippen molar-refractivity contribution in [2.75, 3.05) is 6.54 Å². The number of hydrogen-bond acceptors (Lipinski definition) is 3. The van der Waals surface area contributed by atoms with Crippen molar-refractivity contribution < 1.29 is 5.11 Å². The van der Waals surface area contributed by atoms with Gasteiger partial charge in [-0.15, -0.1) is 0 Å². The van der Waals surface area contributed by atoms with E-state index in [4.69, 9.17) is 10.7 Å². The molecule has 19 heavy (non-hydrogen) atoms. The molecule has 0 spiro atoms. The maximum atomic E-state index is 9.78. The van der Waals surface area contributed by atoms with Gasteiger partial charge in [-0.2, -0.15) is 0 Å². The molecule has 4 N–H and O–H groups in total. The van der Waals surface area contributed by atoms with Crippen LogP contribution >= 0.6 is 0 Å². The molecule has 1 saturated carbocycles. The van der Waals surface area contributed by atoms with Crippen LogP contribution in [0.3, 0.4) is 0 Å². The normalized spacial score (nSPS) is 18.8. The fourth-order valence-electron chi connectivity index (χ4n) is 2.96. The number of rotatable bonds is 3. The summed E-state index contributed by atoms with van der Waals surface area (Å²) in [6.45, 7) is 0.245. The van der Waals surface area contributed by atoms with Crippen molar-refractivity contribution >= 4 is 11.0 Å². The van der Waals surface area contributed by atoms with Crippen LogP contribution in [0.5, 0.6) is 0 Å². The minimum Gasteiger partial charge on any atom is -0.387 e. The van der Waals surface area contributed by atoms with Gasteiger partial charge in [-0.05, 0) is 30.5 Å². The van der Waals surface area contributed by atoms with Gasteiger partial charge in [-0.3, -0.25) is 0 Å². The van der Waals surface area contributed by atoms with Gasteiger partial charge in [-0.1, -0.05) is 25.3 Å². The van der Waals surface area contributed by atoms with Crippen LogP contribution in [0.4, 0.5) is 0 Å². The lowest BCUT2D eigenvalue weighted by Crippen LogP contribution is -2.11. The molecule has 1 unspecified atom stereocenters. The Hall–Kier alpha value is -1.39. The smallest absolute Gasteiger partial charge is 0.110 e. The van der Waals surface area contributed by atoms with Crippen LogP contribution in [-0.4, -0.2) is 21.6 Å². The molecule has 1 atom stereocenters. The predicted octanol–water partition coefficient (Wildman–Crippen LogP) is 2.60. The highest BCUT2D eigenvalue weighted by Gasteiger charge is 2.19. The van der Waals surface area contributed by atoms with Crippen molar-refractivity contribution in [2.45, 2.75) is 44.1 Å². The van der Waals surface area contributed by atoms with Crippen molar-refractivity contribution in [3.05, 3.63) is 29.6 Å². The largest absolute Gasteiger partial charge is 0.387 e. The first-order chi connectivity index (χ1) is 9.28. The molecule has 1 aromatic heterocycles. The minimum absolute atomic E-state index is 0.245. The Labute approximate surface area is 113 Å². The average molecular weight is 259 g/mol. The van der Waals surface area contributed by atoms with E-state index in [9.17, 15) is 5.11 Å². The number of benzene rings is 1. The molecule has 1 aliphatic rings. The molecule has 0 amide bonds. The van der Waals surface area contributed by atoms with E-state index in [0.29, 0.717) is 5.92 Å². The number of nitrogens with zero attached hydrogens (tertiary/aromatic N) is 1. The third-order valence-corrected chi connectivity index (χ3v) is 4.12. The molecule has 1 aliphatic carbocycles. The number of aromatic amines is 1. The fraction of sp³-hybridized carbons (Fsp3) is 0.533. The predicted molar refractivity (Wildman–Crippen MR) is 75.9 cm³/mol. The summed E-state index contributed by atoms with van der Waals surface area (Å²) in [7, 11) is 0. The summed E-state index contributed by atoms with van der Waals surface area (Å²) in [5.74, 6) is 1.68. The second kappa shape index (κ2) is 5.31. The highest BCUT2D eigenvalue weighted by Crippen LogP contribution is 2.32. The number of aliphatic hydroxyl groups excluding tert-OH is 1. The fourth-order valence-corrected chi connectivity index (χ4v) is 2.96. The molecule has 1 heterocycles. The molecular formula is C15H21N3O. The first-order valence-corrected chi connectivity index (χ1v) is 7.15. The minimum atomic E-state index is -0.592. The van der Waals surface area contributed by atoms with E-state index >= 15 is 0 Å². The molecule has 0 saturated heterocycles. The van der Waals surface area contributed by atoms with E-state index in [1.54, 1.807) is 0 Å². The van der Waals surface area contributed by atoms with Gasteiger partial charge < -0.3 is 15.8 Å². The Morgan fingerprint density at radius 3 is 2.84 bits per heavy atom. The van der Waals surface area contributed by atoms with Gasteiger partial charge in [0.2, 0.25) is 0 Å². The highest BCUT2D eigenvalue weighted by molar-refractivity contribution is 5.76. The lowest BCUT2D eigenvalue weighted by Gasteiger charge is -2.18. The number of aromatic nitrogens is 2. The monoisotopic (exact) mass is 259 g/mol. The number of aliphatic hydroxyl groups is 1. The van der Waals surface area contributed by atoms with Gasteiger partial charge in [0.25, 0.3) is 0 Å². The molecule has 0 aliphatic heterocycles. The first kappa shape index (κ1) is 12.6. The molecule has 1 fully saturated rings. The standard InChI is InChI=1S/C15H21N3O/c16-9-14(19)11-6-7-12-13(8-11)18-15(17-12)10-4-2-1-3-5-10/h6-8,10,14,19H,1-5,9,16H2,(H,17,18). The van der Waals surface area contributed by atoms with Crippen LogP contribution in [0.2, 0.25) is 0 Å². The summed E-state index contributed by atoms with van der Waals surface area (Å²) in [6, 6.07) is 5.84. The summed E-state index contributed by atoms with van der Waals surface area (Å²) in [5, 5.41) is 9.78. The summed E-state index contributed by atoms with van der Waals surface area (Å²) < 4.78 is 0. The van der Waals surface area contributed by atoms with Gasteiger partial charge in [0.15, 0.2) is 0 Å². The van der Waals surface area contributed by atoms with Gasteiger partial charge in [-0.25, -0.2) is 4.98 Å². The van der Waals surface area contributed by atoms with E-state index in [-0.39, 0.29) is 6.54 Å². The van der Waals surface area contributed by atoms with Crippen LogP contribution in [-0.2, 0) is 0 Å². The van der Waals surface area contributed by atoms with Crippen LogP contribution < -0.4 is 5.73 Å². The van der Waals surface area contributed by atoms with Crippen molar-refractivity contribution in [3.63, 3.8) is 0 Å². The average Bonchev–Trinajstić information content (AvgIpc) is 2.90. The number of H-pyrrole nitrogens is 1. The zero-order valence-electron chi connectivity index (χ0n) is 11.1. The Kier molecular flexibility index (Phi) is 3.53. The lowest BCUT2D eigenvalue weighted by molar-refractivity contribution is 0.187. The SMILES string of the molecule is NCC(O)c1ccc2nc(C3CCCCC3)[nH]c2c1. The van der Waals surface area contributed by atoms with Crippen LogP contribution in [0, 0.1) is 0 Å². The Bertz CT molecular complexity index is 558. The third kappa shape index (κ3) is 2.51. The van der Waals surface area contributed by atoms with Gasteiger partial charge in [0.05, 0.1) is 17.1 Å². The van der Waals surface area contributed by atoms with Crippen molar-refractivity contribution in [1.29, 1.82) is 0 Å². The summed E-state index contributed by atoms with van der Waals surface area (Å²) >= 11 is 0. The van der Waals surface area contributed by atoms with Crippen molar-refractivity contribution in [2.24, 2.45) is 5.73 Å². The zero-order valence-corrected chi connectivity index (χ0v) is 11.1. The quantitative estimate of drug-likeness (QED) is 0.793. The van der Waals surface area contributed by atoms with E-state index in [2.05, 4.69) is 4.98 Å². The highest BCUT2D eigenvalue weighted by atomic mass is 16.3. The van der Waals surface area contributed by atoms with Crippen LogP contribution in [0.25, 0.3) is 11.0 Å². The number of nitrogens with two attached hydrogens (primary N) is 1. The van der Waals surface area contributed by atoms with E-state index in [1.807, 2.05) is 18.2 Å². The second-order valence-corrected chi connectivity index (χ2v) is 5.49. The molecule has 4 heteroatoms. The van der Waals surface area contributed by atoms with Crippen LogP contribution in [0.15, 0.2) is 18.2 Å². The van der Waals surface area contributed by atoms with E-state index in [1.165, 1.54) is 32.1 Å². The lowest BCUT2D eigenvalue weighted by atomic mass is 9.89. The molecule has 102 valence electrons. The number of imidazole rings is 1. The van der Waals surface area contributed by atoms with Gasteiger partial charge >= 0.3 is 0 Å². The molecule has 1 aromatic carbocycles. The zero-order chi connectivity index (χ0) is 13.2. The molecule has 0 bridgehead atoms. The molecular weight excluding hydrogens is 238 g/mol. The molecule has 4 nitrogen and oxygen atoms in total. The van der Waals surface area contributed by atoms with Crippen LogP contribution in [0.1, 0.15) is 55.5 Å². The second-order valence-electron chi connectivity index (χ2n) is 5.49. The van der Waals surface area contributed by atoms with Gasteiger partial charge in [0.1, 0.15) is 5.82 Å². The van der Waals surface area contributed by atoms with Gasteiger partial charge in [0, 0.05) is 12.5 Å².